The molecule has 3 rings (SSSR count). The van der Waals surface area contributed by atoms with Crippen LogP contribution in [0.15, 0.2) is 53.7 Å². The lowest BCUT2D eigenvalue weighted by molar-refractivity contribution is -0.120. The quantitative estimate of drug-likeness (QED) is 0.703. The Labute approximate surface area is 137 Å². The van der Waals surface area contributed by atoms with Gasteiger partial charge in [-0.3, -0.25) is 4.79 Å². The molecular formula is C16H15N3OS2. The lowest BCUT2D eigenvalue weighted by Gasteiger charge is -2.02. The number of nitrogens with one attached hydrogen (secondary N) is 1. The minimum atomic E-state index is 0.0442. The molecule has 0 aliphatic carbocycles. The van der Waals surface area contributed by atoms with Gasteiger partial charge in [0.15, 0.2) is 0 Å². The SMILES string of the molecule is O=C(CCSc1ccccn1)NCc1nc2ccccc2s1. The first-order valence-corrected chi connectivity index (χ1v) is 8.76. The standard InChI is InChI=1S/C16H15N3OS2/c20-14(8-10-21-15-7-3-4-9-17-15)18-11-16-19-12-5-1-2-6-13(12)22-16/h1-7,9H,8,10-11H2,(H,18,20). The van der Waals surface area contributed by atoms with E-state index < -0.39 is 0 Å². The highest BCUT2D eigenvalue weighted by Crippen LogP contribution is 2.21. The lowest BCUT2D eigenvalue weighted by atomic mass is 10.3. The first-order chi connectivity index (χ1) is 10.8. The van der Waals surface area contributed by atoms with Gasteiger partial charge in [0.2, 0.25) is 5.91 Å². The summed E-state index contributed by atoms with van der Waals surface area (Å²) < 4.78 is 1.15. The number of fused-ring (bicyclic) bond motifs is 1. The zero-order valence-corrected chi connectivity index (χ0v) is 13.5. The number of rotatable bonds is 6. The molecule has 3 aromatic rings. The molecule has 1 N–H and O–H groups in total. The third-order valence-electron chi connectivity index (χ3n) is 2.99. The minimum Gasteiger partial charge on any atom is -0.350 e. The Morgan fingerprint density at radius 2 is 2.05 bits per heavy atom. The maximum atomic E-state index is 11.9. The van der Waals surface area contributed by atoms with Crippen LogP contribution in [0.5, 0.6) is 0 Å². The molecule has 0 fully saturated rings. The second kappa shape index (κ2) is 7.38. The zero-order chi connectivity index (χ0) is 15.2. The predicted molar refractivity (Wildman–Crippen MR) is 91.0 cm³/mol. The Morgan fingerprint density at radius 3 is 2.86 bits per heavy atom. The van der Waals surface area contributed by atoms with E-state index in [1.54, 1.807) is 29.3 Å². The van der Waals surface area contributed by atoms with E-state index in [2.05, 4.69) is 15.3 Å². The van der Waals surface area contributed by atoms with Crippen LogP contribution in [-0.4, -0.2) is 21.6 Å². The van der Waals surface area contributed by atoms with E-state index in [0.717, 1.165) is 26.0 Å². The molecule has 0 atom stereocenters. The number of carbonyl (C=O) groups is 1. The molecule has 2 heterocycles. The first kappa shape index (κ1) is 15.0. The maximum Gasteiger partial charge on any atom is 0.221 e. The van der Waals surface area contributed by atoms with E-state index >= 15 is 0 Å². The molecule has 22 heavy (non-hydrogen) atoms. The van der Waals surface area contributed by atoms with Gasteiger partial charge < -0.3 is 5.32 Å². The van der Waals surface area contributed by atoms with Crippen molar-refractivity contribution in [1.82, 2.24) is 15.3 Å². The molecule has 6 heteroatoms. The van der Waals surface area contributed by atoms with E-state index in [-0.39, 0.29) is 5.91 Å². The summed E-state index contributed by atoms with van der Waals surface area (Å²) in [6.45, 7) is 0.492. The van der Waals surface area contributed by atoms with Crippen LogP contribution in [0, 0.1) is 0 Å². The van der Waals surface area contributed by atoms with Gasteiger partial charge in [0, 0.05) is 18.4 Å². The van der Waals surface area contributed by atoms with Crippen molar-refractivity contribution in [3.63, 3.8) is 0 Å². The summed E-state index contributed by atoms with van der Waals surface area (Å²) in [6, 6.07) is 13.8. The topological polar surface area (TPSA) is 54.9 Å². The van der Waals surface area contributed by atoms with Gasteiger partial charge in [0.05, 0.1) is 21.8 Å². The van der Waals surface area contributed by atoms with Crippen molar-refractivity contribution < 1.29 is 4.79 Å². The molecule has 0 unspecified atom stereocenters. The molecular weight excluding hydrogens is 314 g/mol. The molecule has 0 saturated carbocycles. The second-order valence-electron chi connectivity index (χ2n) is 4.62. The van der Waals surface area contributed by atoms with Crippen LogP contribution in [0.2, 0.25) is 0 Å². The molecule has 0 aliphatic rings. The lowest BCUT2D eigenvalue weighted by Crippen LogP contribution is -2.22. The number of hydrogen-bond donors (Lipinski definition) is 1. The van der Waals surface area contributed by atoms with Crippen LogP contribution in [0.25, 0.3) is 10.2 Å². The molecule has 0 spiro atoms. The summed E-state index contributed by atoms with van der Waals surface area (Å²) in [5, 5.41) is 4.80. The summed E-state index contributed by atoms with van der Waals surface area (Å²) in [5.41, 5.74) is 0.988. The van der Waals surface area contributed by atoms with Crippen LogP contribution in [0.3, 0.4) is 0 Å². The van der Waals surface area contributed by atoms with Crippen molar-refractivity contribution in [2.24, 2.45) is 0 Å². The average Bonchev–Trinajstić information content (AvgIpc) is 2.97. The summed E-state index contributed by atoms with van der Waals surface area (Å²) >= 11 is 3.21. The molecule has 1 aromatic carbocycles. The number of thiazole rings is 1. The summed E-state index contributed by atoms with van der Waals surface area (Å²) in [6.07, 6.45) is 2.24. The number of pyridine rings is 1. The Bertz CT molecular complexity index is 725. The van der Waals surface area contributed by atoms with Crippen molar-refractivity contribution in [1.29, 1.82) is 0 Å². The highest BCUT2D eigenvalue weighted by atomic mass is 32.2. The Hall–Kier alpha value is -1.92. The van der Waals surface area contributed by atoms with E-state index in [4.69, 9.17) is 0 Å². The number of carbonyl (C=O) groups excluding carboxylic acids is 1. The minimum absolute atomic E-state index is 0.0442. The van der Waals surface area contributed by atoms with Crippen molar-refractivity contribution >= 4 is 39.2 Å². The van der Waals surface area contributed by atoms with Gasteiger partial charge in [-0.2, -0.15) is 0 Å². The summed E-state index contributed by atoms with van der Waals surface area (Å²) in [7, 11) is 0. The second-order valence-corrected chi connectivity index (χ2v) is 6.85. The molecule has 0 bridgehead atoms. The number of para-hydroxylation sites is 1. The highest BCUT2D eigenvalue weighted by Gasteiger charge is 2.06. The maximum absolute atomic E-state index is 11.9. The van der Waals surface area contributed by atoms with Crippen LogP contribution >= 0.6 is 23.1 Å². The number of hydrogen-bond acceptors (Lipinski definition) is 5. The van der Waals surface area contributed by atoms with Crippen LogP contribution in [-0.2, 0) is 11.3 Å². The number of amides is 1. The number of aromatic nitrogens is 2. The van der Waals surface area contributed by atoms with Gasteiger partial charge in [0.1, 0.15) is 5.01 Å². The fourth-order valence-corrected chi connectivity index (χ4v) is 3.65. The predicted octanol–water partition coefficient (Wildman–Crippen LogP) is 3.49. The average molecular weight is 329 g/mol. The van der Waals surface area contributed by atoms with E-state index in [1.807, 2.05) is 42.5 Å². The van der Waals surface area contributed by atoms with Gasteiger partial charge in [-0.15, -0.1) is 23.1 Å². The van der Waals surface area contributed by atoms with Crippen LogP contribution < -0.4 is 5.32 Å². The fraction of sp³-hybridized carbons (Fsp3) is 0.188. The monoisotopic (exact) mass is 329 g/mol. The molecule has 2 aromatic heterocycles. The van der Waals surface area contributed by atoms with E-state index in [9.17, 15) is 4.79 Å². The smallest absolute Gasteiger partial charge is 0.221 e. The normalized spacial score (nSPS) is 10.7. The number of benzene rings is 1. The Kier molecular flexibility index (Phi) is 5.03. The Morgan fingerprint density at radius 1 is 1.18 bits per heavy atom. The summed E-state index contributed by atoms with van der Waals surface area (Å²) in [4.78, 5) is 20.6. The zero-order valence-electron chi connectivity index (χ0n) is 11.9. The van der Waals surface area contributed by atoms with Gasteiger partial charge in [-0.1, -0.05) is 18.2 Å². The van der Waals surface area contributed by atoms with Crippen molar-refractivity contribution in [3.05, 3.63) is 53.7 Å². The van der Waals surface area contributed by atoms with Gasteiger partial charge in [-0.05, 0) is 24.3 Å². The molecule has 4 nitrogen and oxygen atoms in total. The number of thioether (sulfide) groups is 1. The summed E-state index contributed by atoms with van der Waals surface area (Å²) in [5.74, 6) is 0.769. The van der Waals surface area contributed by atoms with Crippen molar-refractivity contribution in [2.75, 3.05) is 5.75 Å². The highest BCUT2D eigenvalue weighted by molar-refractivity contribution is 7.99. The molecule has 0 aliphatic heterocycles. The van der Waals surface area contributed by atoms with Crippen molar-refractivity contribution in [3.8, 4) is 0 Å². The molecule has 0 saturated heterocycles. The van der Waals surface area contributed by atoms with Gasteiger partial charge in [-0.25, -0.2) is 9.97 Å². The molecule has 0 radical (unpaired) electrons. The fourth-order valence-electron chi connectivity index (χ4n) is 1.94. The van der Waals surface area contributed by atoms with Crippen molar-refractivity contribution in [2.45, 2.75) is 18.0 Å². The van der Waals surface area contributed by atoms with Gasteiger partial charge >= 0.3 is 0 Å². The van der Waals surface area contributed by atoms with Crippen LogP contribution in [0.4, 0.5) is 0 Å². The molecule has 1 amide bonds. The molecule has 112 valence electrons. The van der Waals surface area contributed by atoms with Gasteiger partial charge in [0.25, 0.3) is 0 Å². The van der Waals surface area contributed by atoms with Crippen LogP contribution in [0.1, 0.15) is 11.4 Å². The largest absolute Gasteiger partial charge is 0.350 e. The third-order valence-corrected chi connectivity index (χ3v) is 4.97. The number of nitrogens with zero attached hydrogens (tertiary/aromatic N) is 2. The Balaban J connectivity index is 1.44. The first-order valence-electron chi connectivity index (χ1n) is 6.96. The van der Waals surface area contributed by atoms with E-state index in [1.165, 1.54) is 0 Å². The van der Waals surface area contributed by atoms with E-state index in [0.29, 0.717) is 13.0 Å². The third kappa shape index (κ3) is 4.05.